The zero-order valence-corrected chi connectivity index (χ0v) is 14.6. The molecule has 0 aliphatic carbocycles. The lowest BCUT2D eigenvalue weighted by molar-refractivity contribution is 0.188. The molecular formula is C18H20N4O2S. The first-order valence-corrected chi connectivity index (χ1v) is 9.19. The van der Waals surface area contributed by atoms with Crippen LogP contribution in [0.1, 0.15) is 10.4 Å². The fourth-order valence-corrected chi connectivity index (χ4v) is 4.10. The highest BCUT2D eigenvalue weighted by Crippen LogP contribution is 2.37. The number of thiazole rings is 1. The van der Waals surface area contributed by atoms with Crippen LogP contribution in [-0.2, 0) is 0 Å². The summed E-state index contributed by atoms with van der Waals surface area (Å²) in [4.78, 5) is 13.9. The molecule has 6 nitrogen and oxygen atoms in total. The first-order chi connectivity index (χ1) is 12.2. The number of aliphatic hydroxyl groups excluding tert-OH is 1. The number of aromatic hydroxyl groups is 1. The van der Waals surface area contributed by atoms with Crippen molar-refractivity contribution < 1.29 is 10.2 Å². The maximum Gasteiger partial charge on any atom is 0.231 e. The fourth-order valence-electron chi connectivity index (χ4n) is 3.14. The maximum absolute atomic E-state index is 10.2. The second-order valence-electron chi connectivity index (χ2n) is 6.11. The van der Waals surface area contributed by atoms with Gasteiger partial charge in [-0.25, -0.2) is 0 Å². The smallest absolute Gasteiger partial charge is 0.231 e. The number of anilines is 1. The zero-order valence-electron chi connectivity index (χ0n) is 13.8. The van der Waals surface area contributed by atoms with E-state index >= 15 is 0 Å². The van der Waals surface area contributed by atoms with Gasteiger partial charge in [-0.1, -0.05) is 29.5 Å². The van der Waals surface area contributed by atoms with E-state index in [-0.39, 0.29) is 12.5 Å². The lowest BCUT2D eigenvalue weighted by Crippen LogP contribution is -2.47. The molecule has 0 saturated carbocycles. The van der Waals surface area contributed by atoms with Crippen molar-refractivity contribution >= 4 is 40.0 Å². The first-order valence-electron chi connectivity index (χ1n) is 8.38. The number of piperazine rings is 1. The van der Waals surface area contributed by atoms with Crippen molar-refractivity contribution in [3.63, 3.8) is 0 Å². The summed E-state index contributed by atoms with van der Waals surface area (Å²) in [7, 11) is 0. The lowest BCUT2D eigenvalue weighted by atomic mass is 10.1. The number of benzene rings is 1. The maximum atomic E-state index is 10.2. The molecule has 2 N–H and O–H groups in total. The molecule has 0 spiro atoms. The molecule has 7 heteroatoms. The van der Waals surface area contributed by atoms with Gasteiger partial charge in [0, 0.05) is 50.1 Å². The number of hydrogen-bond donors (Lipinski definition) is 2. The molecule has 2 aliphatic heterocycles. The van der Waals surface area contributed by atoms with E-state index in [2.05, 4.69) is 19.8 Å². The van der Waals surface area contributed by atoms with E-state index < -0.39 is 0 Å². The standard InChI is InChI=1S/C18H20N4O2S/c23-10-9-21-5-7-22(8-6-21)18-20-17(24)16(25-18)11-13-12-19-15-4-2-1-3-14(13)15/h1-4,11-12,23-24H,5-10H2. The van der Waals surface area contributed by atoms with Gasteiger partial charge in [-0.2, -0.15) is 4.98 Å². The number of aliphatic imine (C=N–C) groups is 1. The summed E-state index contributed by atoms with van der Waals surface area (Å²) >= 11 is 1.50. The van der Waals surface area contributed by atoms with Crippen molar-refractivity contribution in [2.24, 2.45) is 4.99 Å². The molecule has 2 aliphatic rings. The highest BCUT2D eigenvalue weighted by Gasteiger charge is 2.21. The molecule has 0 amide bonds. The second-order valence-corrected chi connectivity index (χ2v) is 7.12. The van der Waals surface area contributed by atoms with Crippen molar-refractivity contribution in [3.8, 4) is 5.88 Å². The molecule has 0 radical (unpaired) electrons. The van der Waals surface area contributed by atoms with Gasteiger partial charge in [-0.3, -0.25) is 9.89 Å². The Balaban J connectivity index is 1.52. The molecule has 4 rings (SSSR count). The predicted octanol–water partition coefficient (Wildman–Crippen LogP) is 2.22. The number of hydrogen-bond acceptors (Lipinski definition) is 7. The van der Waals surface area contributed by atoms with Crippen LogP contribution in [-0.4, -0.2) is 65.6 Å². The summed E-state index contributed by atoms with van der Waals surface area (Å²) in [6.07, 6.45) is 3.78. The largest absolute Gasteiger partial charge is 0.492 e. The Morgan fingerprint density at radius 2 is 1.96 bits per heavy atom. The third kappa shape index (κ3) is 3.30. The molecule has 1 fully saturated rings. The molecule has 0 unspecified atom stereocenters. The Morgan fingerprint density at radius 3 is 2.76 bits per heavy atom. The topological polar surface area (TPSA) is 72.2 Å². The summed E-state index contributed by atoms with van der Waals surface area (Å²) in [6, 6.07) is 7.98. The Labute approximate surface area is 150 Å². The summed E-state index contributed by atoms with van der Waals surface area (Å²) < 4.78 is 0. The molecule has 1 aromatic heterocycles. The Morgan fingerprint density at radius 1 is 1.16 bits per heavy atom. The number of β-amino-alcohol motifs (C(OH)–C–C–N with tert-alkyl or cyclic N) is 1. The molecule has 130 valence electrons. The van der Waals surface area contributed by atoms with Gasteiger partial charge in [-0.15, -0.1) is 0 Å². The van der Waals surface area contributed by atoms with Crippen molar-refractivity contribution in [1.29, 1.82) is 0 Å². The van der Waals surface area contributed by atoms with Crippen molar-refractivity contribution in [1.82, 2.24) is 9.88 Å². The SMILES string of the molecule is OCCN1CCN(c2nc(O)c(C=C3C=Nc4ccccc43)s2)CC1. The predicted molar refractivity (Wildman–Crippen MR) is 102 cm³/mol. The minimum absolute atomic E-state index is 0.0723. The van der Waals surface area contributed by atoms with Gasteiger partial charge in [-0.05, 0) is 12.1 Å². The Kier molecular flexibility index (Phi) is 4.52. The van der Waals surface area contributed by atoms with Crippen LogP contribution in [0, 0.1) is 0 Å². The van der Waals surface area contributed by atoms with Crippen LogP contribution in [0.15, 0.2) is 29.3 Å². The van der Waals surface area contributed by atoms with Crippen LogP contribution in [0.25, 0.3) is 11.6 Å². The molecule has 3 heterocycles. The van der Waals surface area contributed by atoms with E-state index in [1.165, 1.54) is 11.3 Å². The van der Waals surface area contributed by atoms with Crippen molar-refractivity contribution in [2.45, 2.75) is 0 Å². The van der Waals surface area contributed by atoms with Crippen LogP contribution in [0.5, 0.6) is 5.88 Å². The summed E-state index contributed by atoms with van der Waals surface area (Å²) in [6.45, 7) is 4.42. The number of allylic oxidation sites excluding steroid dienone is 1. The summed E-state index contributed by atoms with van der Waals surface area (Å²) in [5.74, 6) is 0.0723. The quantitative estimate of drug-likeness (QED) is 0.879. The number of fused-ring (bicyclic) bond motifs is 1. The van der Waals surface area contributed by atoms with E-state index in [1.54, 1.807) is 0 Å². The molecule has 25 heavy (non-hydrogen) atoms. The molecule has 0 atom stereocenters. The normalized spacial score (nSPS) is 18.9. The number of aromatic nitrogens is 1. The minimum Gasteiger partial charge on any atom is -0.492 e. The fraction of sp³-hybridized carbons (Fsp3) is 0.333. The summed E-state index contributed by atoms with van der Waals surface area (Å²) in [5.41, 5.74) is 3.03. The number of nitrogens with zero attached hydrogens (tertiary/aromatic N) is 4. The van der Waals surface area contributed by atoms with E-state index in [9.17, 15) is 5.11 Å². The monoisotopic (exact) mass is 356 g/mol. The van der Waals surface area contributed by atoms with Gasteiger partial charge >= 0.3 is 0 Å². The minimum atomic E-state index is 0.0723. The van der Waals surface area contributed by atoms with Crippen LogP contribution in [0.2, 0.25) is 0 Å². The van der Waals surface area contributed by atoms with E-state index in [1.807, 2.05) is 36.6 Å². The third-order valence-corrected chi connectivity index (χ3v) is 5.58. The molecule has 1 aromatic carbocycles. The lowest BCUT2D eigenvalue weighted by Gasteiger charge is -2.34. The zero-order chi connectivity index (χ0) is 17.2. The van der Waals surface area contributed by atoms with Gasteiger partial charge in [0.1, 0.15) is 0 Å². The average molecular weight is 356 g/mol. The van der Waals surface area contributed by atoms with E-state index in [0.29, 0.717) is 6.54 Å². The molecular weight excluding hydrogens is 336 g/mol. The highest BCUT2D eigenvalue weighted by atomic mass is 32.1. The van der Waals surface area contributed by atoms with Crippen LogP contribution >= 0.6 is 11.3 Å². The molecule has 1 saturated heterocycles. The van der Waals surface area contributed by atoms with Crippen molar-refractivity contribution in [2.75, 3.05) is 44.2 Å². The van der Waals surface area contributed by atoms with Crippen LogP contribution in [0.3, 0.4) is 0 Å². The number of rotatable bonds is 4. The summed E-state index contributed by atoms with van der Waals surface area (Å²) in [5, 5.41) is 20.1. The van der Waals surface area contributed by atoms with E-state index in [4.69, 9.17) is 5.11 Å². The Bertz CT molecular complexity index is 822. The van der Waals surface area contributed by atoms with Gasteiger partial charge in [0.05, 0.1) is 17.2 Å². The molecule has 2 aromatic rings. The number of para-hydroxylation sites is 1. The second kappa shape index (κ2) is 6.95. The molecule has 0 bridgehead atoms. The van der Waals surface area contributed by atoms with Gasteiger partial charge < -0.3 is 15.1 Å². The van der Waals surface area contributed by atoms with E-state index in [0.717, 1.165) is 53.0 Å². The van der Waals surface area contributed by atoms with Gasteiger partial charge in [0.25, 0.3) is 0 Å². The Hall–Kier alpha value is -2.22. The van der Waals surface area contributed by atoms with Crippen molar-refractivity contribution in [3.05, 3.63) is 34.7 Å². The number of aliphatic hydroxyl groups is 1. The van der Waals surface area contributed by atoms with Gasteiger partial charge in [0.2, 0.25) is 5.88 Å². The highest BCUT2D eigenvalue weighted by molar-refractivity contribution is 7.16. The van der Waals surface area contributed by atoms with Crippen LogP contribution < -0.4 is 4.90 Å². The van der Waals surface area contributed by atoms with Gasteiger partial charge in [0.15, 0.2) is 5.13 Å². The first kappa shape index (κ1) is 16.3. The third-order valence-electron chi connectivity index (χ3n) is 4.53. The average Bonchev–Trinajstić information content (AvgIpc) is 3.21. The van der Waals surface area contributed by atoms with Crippen LogP contribution in [0.4, 0.5) is 10.8 Å².